The molecule has 2 N–H and O–H groups in total. The van der Waals surface area contributed by atoms with Gasteiger partial charge in [-0.05, 0) is 44.5 Å². The molecule has 1 heterocycles. The van der Waals surface area contributed by atoms with E-state index in [0.29, 0.717) is 23.1 Å². The largest absolute Gasteiger partial charge is 0.342 e. The maximum Gasteiger partial charge on any atom is 0.252 e. The van der Waals surface area contributed by atoms with E-state index >= 15 is 0 Å². The molecule has 0 aliphatic carbocycles. The van der Waals surface area contributed by atoms with Crippen molar-refractivity contribution in [3.05, 3.63) is 71.5 Å². The highest BCUT2D eigenvalue weighted by molar-refractivity contribution is 7.99. The number of thioether (sulfide) groups is 1. The van der Waals surface area contributed by atoms with Crippen LogP contribution in [0.2, 0.25) is 0 Å². The Hall–Kier alpha value is -3.13. The zero-order chi connectivity index (χ0) is 21.5. The molecule has 0 fully saturated rings. The molecular weight excluding hydrogens is 398 g/mol. The number of aromatic nitrogens is 3. The van der Waals surface area contributed by atoms with Crippen molar-refractivity contribution in [2.45, 2.75) is 38.5 Å². The van der Waals surface area contributed by atoms with E-state index in [1.165, 1.54) is 11.8 Å². The van der Waals surface area contributed by atoms with E-state index in [0.717, 1.165) is 11.3 Å². The van der Waals surface area contributed by atoms with E-state index in [1.54, 1.807) is 6.07 Å². The smallest absolute Gasteiger partial charge is 0.252 e. The van der Waals surface area contributed by atoms with Crippen molar-refractivity contribution >= 4 is 29.3 Å². The molecule has 1 aromatic heterocycles. The number of nitrogens with one attached hydrogen (secondary N) is 2. The summed E-state index contributed by atoms with van der Waals surface area (Å²) in [4.78, 5) is 24.8. The molecule has 0 spiro atoms. The van der Waals surface area contributed by atoms with E-state index < -0.39 is 0 Å². The summed E-state index contributed by atoms with van der Waals surface area (Å²) >= 11 is 1.32. The summed E-state index contributed by atoms with van der Waals surface area (Å²) in [6, 6.07) is 16.5. The molecule has 3 rings (SSSR count). The average Bonchev–Trinajstić information content (AvgIpc) is 3.16. The third-order valence-corrected chi connectivity index (χ3v) is 5.54. The molecule has 0 saturated carbocycles. The molecular formula is C22H25N5O2S. The minimum absolute atomic E-state index is 0.112. The number of para-hydroxylation sites is 1. The molecule has 0 saturated heterocycles. The fourth-order valence-corrected chi connectivity index (χ4v) is 3.85. The van der Waals surface area contributed by atoms with Crippen LogP contribution in [0, 0.1) is 6.92 Å². The lowest BCUT2D eigenvalue weighted by molar-refractivity contribution is -0.113. The summed E-state index contributed by atoms with van der Waals surface area (Å²) in [7, 11) is 0. The topological polar surface area (TPSA) is 88.9 Å². The Kier molecular flexibility index (Phi) is 7.24. The first kappa shape index (κ1) is 21.6. The lowest BCUT2D eigenvalue weighted by Gasteiger charge is -2.16. The van der Waals surface area contributed by atoms with Crippen LogP contribution in [-0.4, -0.2) is 32.3 Å². The van der Waals surface area contributed by atoms with Crippen LogP contribution in [0.5, 0.6) is 0 Å². The predicted octanol–water partition coefficient (Wildman–Crippen LogP) is 3.83. The minimum atomic E-state index is -0.322. The van der Waals surface area contributed by atoms with Gasteiger partial charge in [-0.3, -0.25) is 9.59 Å². The number of carbonyl (C=O) groups is 2. The van der Waals surface area contributed by atoms with Crippen LogP contribution in [0.1, 0.15) is 41.6 Å². The number of rotatable bonds is 8. The quantitative estimate of drug-likeness (QED) is 0.538. The van der Waals surface area contributed by atoms with Gasteiger partial charge in [0.2, 0.25) is 5.91 Å². The molecule has 2 amide bonds. The summed E-state index contributed by atoms with van der Waals surface area (Å²) in [6.45, 7) is 6.40. The van der Waals surface area contributed by atoms with Gasteiger partial charge in [0.15, 0.2) is 11.0 Å². The van der Waals surface area contributed by atoms with Crippen LogP contribution in [0.3, 0.4) is 0 Å². The van der Waals surface area contributed by atoms with E-state index in [9.17, 15) is 9.59 Å². The monoisotopic (exact) mass is 423 g/mol. The van der Waals surface area contributed by atoms with Gasteiger partial charge in [-0.1, -0.05) is 48.2 Å². The van der Waals surface area contributed by atoms with Gasteiger partial charge in [-0.25, -0.2) is 0 Å². The van der Waals surface area contributed by atoms with E-state index in [1.807, 2.05) is 73.9 Å². The minimum Gasteiger partial charge on any atom is -0.342 e. The van der Waals surface area contributed by atoms with Gasteiger partial charge >= 0.3 is 0 Å². The Morgan fingerprint density at radius 1 is 1.07 bits per heavy atom. The number of hydrogen-bond acceptors (Lipinski definition) is 5. The molecule has 0 unspecified atom stereocenters. The Labute approximate surface area is 180 Å². The van der Waals surface area contributed by atoms with Crippen molar-refractivity contribution in [1.29, 1.82) is 0 Å². The Morgan fingerprint density at radius 3 is 2.47 bits per heavy atom. The number of hydrogen-bond donors (Lipinski definition) is 2. The van der Waals surface area contributed by atoms with Crippen LogP contribution in [-0.2, 0) is 11.3 Å². The van der Waals surface area contributed by atoms with Crippen molar-refractivity contribution in [1.82, 2.24) is 20.1 Å². The van der Waals surface area contributed by atoms with Gasteiger partial charge in [-0.2, -0.15) is 0 Å². The van der Waals surface area contributed by atoms with Crippen molar-refractivity contribution in [2.24, 2.45) is 0 Å². The average molecular weight is 424 g/mol. The summed E-state index contributed by atoms with van der Waals surface area (Å²) in [5.74, 6) is 0.615. The highest BCUT2D eigenvalue weighted by Crippen LogP contribution is 2.21. The number of anilines is 1. The fourth-order valence-electron chi connectivity index (χ4n) is 3.04. The second-order valence-electron chi connectivity index (χ2n) is 6.80. The number of benzene rings is 2. The highest BCUT2D eigenvalue weighted by Gasteiger charge is 2.20. The lowest BCUT2D eigenvalue weighted by atomic mass is 10.1. The number of nitrogens with zero attached hydrogens (tertiary/aromatic N) is 3. The van der Waals surface area contributed by atoms with Crippen LogP contribution in [0.15, 0.2) is 59.8 Å². The summed E-state index contributed by atoms with van der Waals surface area (Å²) in [6.07, 6.45) is 0. The SMILES string of the molecule is CCn1c(SCC(=O)Nc2ccccc2)nnc1[C@@H](C)NC(=O)c1ccccc1C. The summed E-state index contributed by atoms with van der Waals surface area (Å²) in [5.41, 5.74) is 2.31. The van der Waals surface area contributed by atoms with Gasteiger partial charge in [0.1, 0.15) is 0 Å². The highest BCUT2D eigenvalue weighted by atomic mass is 32.2. The molecule has 30 heavy (non-hydrogen) atoms. The second-order valence-corrected chi connectivity index (χ2v) is 7.74. The maximum atomic E-state index is 12.6. The molecule has 7 nitrogen and oxygen atoms in total. The van der Waals surface area contributed by atoms with Crippen LogP contribution in [0.4, 0.5) is 5.69 Å². The van der Waals surface area contributed by atoms with E-state index in [4.69, 9.17) is 0 Å². The van der Waals surface area contributed by atoms with Crippen molar-refractivity contribution in [2.75, 3.05) is 11.1 Å². The molecule has 0 bridgehead atoms. The standard InChI is InChI=1S/C22H25N5O2S/c1-4-27-20(16(3)23-21(29)18-13-9-8-10-15(18)2)25-26-22(27)30-14-19(28)24-17-11-6-5-7-12-17/h5-13,16H,4,14H2,1-3H3,(H,23,29)(H,24,28)/t16-/m1/s1. The van der Waals surface area contributed by atoms with E-state index in [2.05, 4.69) is 20.8 Å². The third-order valence-electron chi connectivity index (χ3n) is 4.58. The van der Waals surface area contributed by atoms with Crippen LogP contribution in [0.25, 0.3) is 0 Å². The van der Waals surface area contributed by atoms with Gasteiger partial charge in [0.05, 0.1) is 11.8 Å². The molecule has 2 aromatic carbocycles. The maximum absolute atomic E-state index is 12.6. The Morgan fingerprint density at radius 2 is 1.77 bits per heavy atom. The second kappa shape index (κ2) is 10.1. The number of carbonyl (C=O) groups excluding carboxylic acids is 2. The third kappa shape index (κ3) is 5.27. The first-order valence-corrected chi connectivity index (χ1v) is 10.8. The van der Waals surface area contributed by atoms with Crippen LogP contribution >= 0.6 is 11.8 Å². The van der Waals surface area contributed by atoms with Gasteiger partial charge < -0.3 is 15.2 Å². The Balaban J connectivity index is 1.64. The van der Waals surface area contributed by atoms with Gasteiger partial charge in [-0.15, -0.1) is 10.2 Å². The first-order valence-electron chi connectivity index (χ1n) is 9.77. The molecule has 0 aliphatic rings. The zero-order valence-corrected chi connectivity index (χ0v) is 18.1. The lowest BCUT2D eigenvalue weighted by Crippen LogP contribution is -2.29. The summed E-state index contributed by atoms with van der Waals surface area (Å²) < 4.78 is 1.92. The summed E-state index contributed by atoms with van der Waals surface area (Å²) in [5, 5.41) is 15.0. The van der Waals surface area contributed by atoms with Crippen molar-refractivity contribution in [3.63, 3.8) is 0 Å². The molecule has 8 heteroatoms. The van der Waals surface area contributed by atoms with Crippen molar-refractivity contribution < 1.29 is 9.59 Å². The molecule has 3 aromatic rings. The van der Waals surface area contributed by atoms with Gasteiger partial charge in [0.25, 0.3) is 5.91 Å². The fraction of sp³-hybridized carbons (Fsp3) is 0.273. The number of aryl methyl sites for hydroxylation is 1. The zero-order valence-electron chi connectivity index (χ0n) is 17.3. The molecule has 0 radical (unpaired) electrons. The molecule has 156 valence electrons. The van der Waals surface area contributed by atoms with Gasteiger partial charge in [0, 0.05) is 17.8 Å². The number of amides is 2. The van der Waals surface area contributed by atoms with Crippen LogP contribution < -0.4 is 10.6 Å². The predicted molar refractivity (Wildman–Crippen MR) is 119 cm³/mol. The molecule has 0 aliphatic heterocycles. The first-order chi connectivity index (χ1) is 14.5. The van der Waals surface area contributed by atoms with E-state index in [-0.39, 0.29) is 23.6 Å². The molecule has 1 atom stereocenters. The Bertz CT molecular complexity index is 1020. The normalized spacial score (nSPS) is 11.7. The van der Waals surface area contributed by atoms with Crippen molar-refractivity contribution in [3.8, 4) is 0 Å².